The molecule has 9 nitrogen and oxygen atoms in total. The first-order chi connectivity index (χ1) is 8.95. The second-order valence-corrected chi connectivity index (χ2v) is 4.67. The fourth-order valence-corrected chi connectivity index (χ4v) is 1.62. The first kappa shape index (κ1) is 15.9. The Kier molecular flexibility index (Phi) is 4.04. The van der Waals surface area contributed by atoms with Gasteiger partial charge in [-0.15, -0.1) is 13.2 Å². The summed E-state index contributed by atoms with van der Waals surface area (Å²) in [6.45, 7) is 0. The van der Waals surface area contributed by atoms with Crippen molar-refractivity contribution in [1.82, 2.24) is 4.98 Å². The number of primary sulfonamides is 1. The van der Waals surface area contributed by atoms with Gasteiger partial charge in [0.1, 0.15) is 0 Å². The quantitative estimate of drug-likeness (QED) is 0.632. The largest absolute Gasteiger partial charge is 0.573 e. The molecule has 112 valence electrons. The van der Waals surface area contributed by atoms with Crippen molar-refractivity contribution in [2.24, 2.45) is 5.14 Å². The van der Waals surface area contributed by atoms with Gasteiger partial charge < -0.3 is 19.6 Å². The zero-order valence-electron chi connectivity index (χ0n) is 9.54. The molecule has 0 aliphatic heterocycles. The number of hydrogen-bond acceptors (Lipinski definition) is 7. The van der Waals surface area contributed by atoms with Crippen LogP contribution in [0.25, 0.3) is 0 Å². The third-order valence-electron chi connectivity index (χ3n) is 1.79. The van der Waals surface area contributed by atoms with Crippen molar-refractivity contribution in [1.29, 1.82) is 0 Å². The smallest absolute Gasteiger partial charge is 0.486 e. The lowest BCUT2D eigenvalue weighted by Crippen LogP contribution is -2.20. The minimum absolute atomic E-state index is 0.272. The Morgan fingerprint density at radius 3 is 2.35 bits per heavy atom. The maximum atomic E-state index is 12.2. The Hall–Kier alpha value is -2.15. The lowest BCUT2D eigenvalue weighted by atomic mass is 10.4. The number of sulfonamides is 1. The Bertz CT molecular complexity index is 644. The number of pyridine rings is 1. The molecule has 1 rings (SSSR count). The predicted molar refractivity (Wildman–Crippen MR) is 55.5 cm³/mol. The molecule has 1 heterocycles. The fourth-order valence-electron chi connectivity index (χ4n) is 1.14. The van der Waals surface area contributed by atoms with Crippen LogP contribution in [0.3, 0.4) is 0 Å². The number of nitrogens with two attached hydrogens (primary N) is 1. The van der Waals surface area contributed by atoms with Crippen LogP contribution < -0.4 is 14.6 Å². The molecular formula is C7H6F3N3O6S. The molecule has 13 heteroatoms. The highest BCUT2D eigenvalue weighted by molar-refractivity contribution is 7.89. The molecule has 0 amide bonds. The minimum atomic E-state index is -5.22. The molecule has 1 aromatic rings. The van der Waals surface area contributed by atoms with Gasteiger partial charge in [0.25, 0.3) is 20.8 Å². The van der Waals surface area contributed by atoms with E-state index in [1.807, 2.05) is 0 Å². The number of alkyl halides is 3. The van der Waals surface area contributed by atoms with E-state index < -0.39 is 43.7 Å². The van der Waals surface area contributed by atoms with Crippen molar-refractivity contribution in [2.45, 2.75) is 11.4 Å². The van der Waals surface area contributed by atoms with Gasteiger partial charge in [-0.1, -0.05) is 0 Å². The van der Waals surface area contributed by atoms with Gasteiger partial charge in [0.05, 0.1) is 7.11 Å². The predicted octanol–water partition coefficient (Wildman–Crippen LogP) is 0.544. The normalized spacial score (nSPS) is 12.1. The monoisotopic (exact) mass is 317 g/mol. The molecule has 0 fully saturated rings. The fraction of sp³-hybridized carbons (Fsp3) is 0.286. The summed E-state index contributed by atoms with van der Waals surface area (Å²) in [4.78, 5) is 12.4. The van der Waals surface area contributed by atoms with Crippen molar-refractivity contribution in [3.63, 3.8) is 0 Å². The molecule has 0 aromatic carbocycles. The van der Waals surface area contributed by atoms with E-state index in [4.69, 9.17) is 0 Å². The summed E-state index contributed by atoms with van der Waals surface area (Å²) in [5.41, 5.74) is 0. The van der Waals surface area contributed by atoms with Crippen LogP contribution in [0.4, 0.5) is 19.0 Å². The second-order valence-electron chi connectivity index (χ2n) is 3.17. The van der Waals surface area contributed by atoms with Crippen molar-refractivity contribution < 1.29 is 36.0 Å². The van der Waals surface area contributed by atoms with E-state index in [9.17, 15) is 31.7 Å². The first-order valence-corrected chi connectivity index (χ1v) is 6.02. The van der Waals surface area contributed by atoms with E-state index in [2.05, 4.69) is 19.6 Å². The summed E-state index contributed by atoms with van der Waals surface area (Å²) < 4.78 is 66.4. The summed E-state index contributed by atoms with van der Waals surface area (Å²) in [6, 6.07) is 0.272. The average Bonchev–Trinajstić information content (AvgIpc) is 2.24. The first-order valence-electron chi connectivity index (χ1n) is 4.47. The summed E-state index contributed by atoms with van der Waals surface area (Å²) in [7, 11) is -3.76. The van der Waals surface area contributed by atoms with Crippen LogP contribution in [0.1, 0.15) is 0 Å². The summed E-state index contributed by atoms with van der Waals surface area (Å²) in [6.07, 6.45) is -5.22. The van der Waals surface area contributed by atoms with Gasteiger partial charge in [-0.2, -0.15) is 0 Å². The zero-order chi connectivity index (χ0) is 15.7. The Morgan fingerprint density at radius 1 is 1.45 bits per heavy atom. The van der Waals surface area contributed by atoms with Crippen LogP contribution >= 0.6 is 0 Å². The Balaban J connectivity index is 3.62. The molecule has 0 spiro atoms. The number of rotatable bonds is 4. The van der Waals surface area contributed by atoms with Crippen molar-refractivity contribution in [3.05, 3.63) is 16.2 Å². The van der Waals surface area contributed by atoms with E-state index in [1.165, 1.54) is 0 Å². The van der Waals surface area contributed by atoms with Crippen LogP contribution in [0, 0.1) is 10.1 Å². The summed E-state index contributed by atoms with van der Waals surface area (Å²) in [5.74, 6) is -3.51. The lowest BCUT2D eigenvalue weighted by Gasteiger charge is -2.12. The molecule has 0 aliphatic carbocycles. The minimum Gasteiger partial charge on any atom is -0.486 e. The molecule has 0 unspecified atom stereocenters. The topological polar surface area (TPSA) is 135 Å². The number of hydrogen-bond donors (Lipinski definition) is 1. The van der Waals surface area contributed by atoms with E-state index >= 15 is 0 Å². The van der Waals surface area contributed by atoms with Crippen molar-refractivity contribution >= 4 is 15.8 Å². The number of ether oxygens (including phenoxy) is 2. The zero-order valence-corrected chi connectivity index (χ0v) is 10.4. The van der Waals surface area contributed by atoms with E-state index in [0.29, 0.717) is 0 Å². The van der Waals surface area contributed by atoms with Gasteiger partial charge in [0.2, 0.25) is 0 Å². The summed E-state index contributed by atoms with van der Waals surface area (Å²) >= 11 is 0. The number of halogens is 3. The molecule has 0 saturated heterocycles. The van der Waals surface area contributed by atoms with Gasteiger partial charge in [-0.05, 0) is 9.91 Å². The van der Waals surface area contributed by atoms with Gasteiger partial charge in [-0.3, -0.25) is 0 Å². The van der Waals surface area contributed by atoms with Crippen molar-refractivity contribution in [3.8, 4) is 11.5 Å². The maximum absolute atomic E-state index is 12.2. The number of methoxy groups -OCH3 is 1. The standard InChI is InChI=1S/C7H6F3N3O6S/c1-18-5-3(19-7(8,9)10)2-4(20(11,16)17)12-6(5)13(14)15/h2H,1H3,(H2,11,16,17). The van der Waals surface area contributed by atoms with Gasteiger partial charge in [0.15, 0.2) is 5.75 Å². The molecule has 0 saturated carbocycles. The molecule has 20 heavy (non-hydrogen) atoms. The Morgan fingerprint density at radius 2 is 2.00 bits per heavy atom. The van der Waals surface area contributed by atoms with Crippen LogP contribution in [-0.4, -0.2) is 31.8 Å². The maximum Gasteiger partial charge on any atom is 0.573 e. The van der Waals surface area contributed by atoms with Gasteiger partial charge in [-0.25, -0.2) is 13.6 Å². The lowest BCUT2D eigenvalue weighted by molar-refractivity contribution is -0.391. The molecular weight excluding hydrogens is 311 g/mol. The van der Waals surface area contributed by atoms with Crippen molar-refractivity contribution in [2.75, 3.05) is 7.11 Å². The summed E-state index contributed by atoms with van der Waals surface area (Å²) in [5, 5.41) is 14.2. The van der Waals surface area contributed by atoms with Crippen LogP contribution in [0.5, 0.6) is 11.5 Å². The second kappa shape index (κ2) is 5.09. The van der Waals surface area contributed by atoms with Crippen LogP contribution in [0.15, 0.2) is 11.1 Å². The van der Waals surface area contributed by atoms with E-state index in [1.54, 1.807) is 0 Å². The van der Waals surface area contributed by atoms with Crippen LogP contribution in [-0.2, 0) is 10.0 Å². The average molecular weight is 317 g/mol. The third-order valence-corrected chi connectivity index (χ3v) is 2.58. The molecule has 0 atom stereocenters. The molecule has 0 bridgehead atoms. The number of nitrogens with zero attached hydrogens (tertiary/aromatic N) is 2. The van der Waals surface area contributed by atoms with Crippen LogP contribution in [0.2, 0.25) is 0 Å². The molecule has 2 N–H and O–H groups in total. The van der Waals surface area contributed by atoms with Gasteiger partial charge >= 0.3 is 12.2 Å². The molecule has 0 aliphatic rings. The molecule has 1 aromatic heterocycles. The highest BCUT2D eigenvalue weighted by Crippen LogP contribution is 2.39. The number of nitro groups is 1. The van der Waals surface area contributed by atoms with E-state index in [0.717, 1.165) is 7.11 Å². The number of aromatic nitrogens is 1. The Labute approximate surface area is 109 Å². The third kappa shape index (κ3) is 3.67. The molecule has 0 radical (unpaired) electrons. The van der Waals surface area contributed by atoms with E-state index in [-0.39, 0.29) is 6.07 Å². The van der Waals surface area contributed by atoms with Gasteiger partial charge in [0, 0.05) is 6.07 Å². The highest BCUT2D eigenvalue weighted by atomic mass is 32.2. The highest BCUT2D eigenvalue weighted by Gasteiger charge is 2.37. The SMILES string of the molecule is COc1c(OC(F)(F)F)cc(S(N)(=O)=O)nc1[N+](=O)[O-].